The molecule has 0 spiro atoms. The lowest BCUT2D eigenvalue weighted by Gasteiger charge is -2.29. The molecule has 1 unspecified atom stereocenters. The number of nitrogens with zero attached hydrogens (tertiary/aromatic N) is 1. The van der Waals surface area contributed by atoms with Gasteiger partial charge in [0, 0.05) is 13.1 Å². The molecule has 1 aliphatic carbocycles. The molecule has 0 aromatic heterocycles. The van der Waals surface area contributed by atoms with E-state index in [1.54, 1.807) is 0 Å². The van der Waals surface area contributed by atoms with Gasteiger partial charge in [0.2, 0.25) is 5.91 Å². The first-order valence-corrected chi connectivity index (χ1v) is 8.52. The Morgan fingerprint density at radius 2 is 1.75 bits per heavy atom. The van der Waals surface area contributed by atoms with Crippen molar-refractivity contribution in [1.82, 2.24) is 10.2 Å². The van der Waals surface area contributed by atoms with Crippen molar-refractivity contribution in [2.75, 3.05) is 26.2 Å². The number of nitrogens with two attached hydrogens (primary N) is 1. The van der Waals surface area contributed by atoms with Gasteiger partial charge in [-0.1, -0.05) is 19.3 Å². The monoisotopic (exact) mass is 281 g/mol. The highest BCUT2D eigenvalue weighted by atomic mass is 16.2. The van der Waals surface area contributed by atoms with E-state index >= 15 is 0 Å². The van der Waals surface area contributed by atoms with E-state index in [-0.39, 0.29) is 11.9 Å². The third kappa shape index (κ3) is 5.06. The third-order valence-corrected chi connectivity index (χ3v) is 4.77. The largest absolute Gasteiger partial charge is 0.341 e. The van der Waals surface area contributed by atoms with Crippen molar-refractivity contribution >= 4 is 5.91 Å². The minimum Gasteiger partial charge on any atom is -0.341 e. The molecule has 1 saturated carbocycles. The number of amides is 1. The summed E-state index contributed by atoms with van der Waals surface area (Å²) >= 11 is 0. The molecule has 20 heavy (non-hydrogen) atoms. The molecule has 0 aromatic carbocycles. The van der Waals surface area contributed by atoms with Crippen LogP contribution in [0.25, 0.3) is 0 Å². The molecule has 2 aliphatic rings. The van der Waals surface area contributed by atoms with Gasteiger partial charge < -0.3 is 16.0 Å². The van der Waals surface area contributed by atoms with E-state index in [0.717, 1.165) is 51.4 Å². The van der Waals surface area contributed by atoms with Crippen molar-refractivity contribution in [2.24, 2.45) is 11.7 Å². The molecule has 1 aliphatic heterocycles. The van der Waals surface area contributed by atoms with Crippen LogP contribution in [-0.2, 0) is 4.79 Å². The highest BCUT2D eigenvalue weighted by molar-refractivity contribution is 5.81. The lowest BCUT2D eigenvalue weighted by molar-refractivity contribution is -0.133. The maximum absolute atomic E-state index is 12.2. The molecule has 0 radical (unpaired) electrons. The van der Waals surface area contributed by atoms with Crippen molar-refractivity contribution in [3.63, 3.8) is 0 Å². The van der Waals surface area contributed by atoms with E-state index in [0.29, 0.717) is 0 Å². The summed E-state index contributed by atoms with van der Waals surface area (Å²) in [5.41, 5.74) is 6.04. The molecule has 116 valence electrons. The predicted octanol–water partition coefficient (Wildman–Crippen LogP) is 1.89. The van der Waals surface area contributed by atoms with Crippen LogP contribution in [0, 0.1) is 5.92 Å². The van der Waals surface area contributed by atoms with Crippen LogP contribution in [0.2, 0.25) is 0 Å². The Kier molecular flexibility index (Phi) is 6.80. The van der Waals surface area contributed by atoms with Crippen LogP contribution in [0.15, 0.2) is 0 Å². The van der Waals surface area contributed by atoms with E-state index in [9.17, 15) is 4.79 Å². The number of nitrogens with one attached hydrogen (secondary N) is 1. The van der Waals surface area contributed by atoms with Crippen molar-refractivity contribution in [2.45, 2.75) is 63.8 Å². The maximum Gasteiger partial charge on any atom is 0.239 e. The zero-order valence-electron chi connectivity index (χ0n) is 12.8. The first-order chi connectivity index (χ1) is 9.77. The summed E-state index contributed by atoms with van der Waals surface area (Å²) in [7, 11) is 0. The molecular formula is C16H31N3O. The van der Waals surface area contributed by atoms with Crippen LogP contribution in [0.5, 0.6) is 0 Å². The molecule has 2 fully saturated rings. The Bertz CT molecular complexity index is 283. The molecule has 1 atom stereocenters. The molecule has 1 heterocycles. The summed E-state index contributed by atoms with van der Waals surface area (Å²) in [6, 6.07) is -0.313. The van der Waals surface area contributed by atoms with Gasteiger partial charge in [-0.15, -0.1) is 0 Å². The van der Waals surface area contributed by atoms with Crippen molar-refractivity contribution in [3.8, 4) is 0 Å². The molecule has 0 aromatic rings. The van der Waals surface area contributed by atoms with Gasteiger partial charge in [0.05, 0.1) is 6.04 Å². The average Bonchev–Trinajstić information content (AvgIpc) is 2.52. The van der Waals surface area contributed by atoms with Crippen LogP contribution < -0.4 is 11.1 Å². The van der Waals surface area contributed by atoms with Gasteiger partial charge in [-0.25, -0.2) is 0 Å². The zero-order chi connectivity index (χ0) is 14.2. The molecule has 4 heteroatoms. The van der Waals surface area contributed by atoms with Gasteiger partial charge in [0.1, 0.15) is 0 Å². The van der Waals surface area contributed by atoms with E-state index in [4.69, 9.17) is 5.73 Å². The first-order valence-electron chi connectivity index (χ1n) is 8.52. The Morgan fingerprint density at radius 1 is 1.10 bits per heavy atom. The second-order valence-corrected chi connectivity index (χ2v) is 6.49. The highest BCUT2D eigenvalue weighted by Crippen LogP contribution is 2.22. The average molecular weight is 281 g/mol. The lowest BCUT2D eigenvalue weighted by atomic mass is 9.89. The minimum absolute atomic E-state index is 0.157. The fourth-order valence-electron chi connectivity index (χ4n) is 3.43. The smallest absolute Gasteiger partial charge is 0.239 e. The Hall–Kier alpha value is -0.610. The summed E-state index contributed by atoms with van der Waals surface area (Å²) < 4.78 is 0. The number of hydrogen-bond acceptors (Lipinski definition) is 3. The summed E-state index contributed by atoms with van der Waals surface area (Å²) in [6.07, 6.45) is 11.2. The minimum atomic E-state index is -0.313. The van der Waals surface area contributed by atoms with Crippen LogP contribution in [0.1, 0.15) is 57.8 Å². The summed E-state index contributed by atoms with van der Waals surface area (Å²) in [5, 5.41) is 3.49. The number of hydrogen-bond donors (Lipinski definition) is 2. The summed E-state index contributed by atoms with van der Waals surface area (Å²) in [6.45, 7) is 3.78. The van der Waals surface area contributed by atoms with Crippen LogP contribution in [0.3, 0.4) is 0 Å². The summed E-state index contributed by atoms with van der Waals surface area (Å²) in [4.78, 5) is 14.1. The standard InChI is InChI=1S/C16H31N3O/c17-15(16(20)19-11-5-2-6-12-19)9-10-18-13-14-7-3-1-4-8-14/h14-15,18H,1-13,17H2. The van der Waals surface area contributed by atoms with E-state index in [2.05, 4.69) is 5.32 Å². The number of carbonyl (C=O) groups excluding carboxylic acids is 1. The maximum atomic E-state index is 12.2. The molecule has 3 N–H and O–H groups in total. The zero-order valence-corrected chi connectivity index (χ0v) is 12.8. The molecule has 4 nitrogen and oxygen atoms in total. The SMILES string of the molecule is NC(CCNCC1CCCCC1)C(=O)N1CCCCC1. The number of carbonyl (C=O) groups is 1. The number of piperidine rings is 1. The molecule has 1 saturated heterocycles. The second kappa shape index (κ2) is 8.63. The van der Waals surface area contributed by atoms with Gasteiger partial charge in [-0.2, -0.15) is 0 Å². The Morgan fingerprint density at radius 3 is 2.45 bits per heavy atom. The molecule has 1 amide bonds. The molecule has 0 bridgehead atoms. The van der Waals surface area contributed by atoms with Crippen molar-refractivity contribution in [3.05, 3.63) is 0 Å². The third-order valence-electron chi connectivity index (χ3n) is 4.77. The van der Waals surface area contributed by atoms with Gasteiger partial charge in [0.15, 0.2) is 0 Å². The molecule has 2 rings (SSSR count). The topological polar surface area (TPSA) is 58.4 Å². The fraction of sp³-hybridized carbons (Fsp3) is 0.938. The van der Waals surface area contributed by atoms with Gasteiger partial charge in [0.25, 0.3) is 0 Å². The number of likely N-dealkylation sites (tertiary alicyclic amines) is 1. The number of rotatable bonds is 6. The van der Waals surface area contributed by atoms with E-state index in [1.165, 1.54) is 38.5 Å². The quantitative estimate of drug-likeness (QED) is 0.731. The Balaban J connectivity index is 1.56. The predicted molar refractivity (Wildman–Crippen MR) is 82.5 cm³/mol. The summed E-state index contributed by atoms with van der Waals surface area (Å²) in [5.74, 6) is 1.00. The van der Waals surface area contributed by atoms with Crippen molar-refractivity contribution in [1.29, 1.82) is 0 Å². The lowest BCUT2D eigenvalue weighted by Crippen LogP contribution is -2.47. The van der Waals surface area contributed by atoms with Gasteiger partial charge >= 0.3 is 0 Å². The Labute approximate surface area is 123 Å². The van der Waals surface area contributed by atoms with Gasteiger partial charge in [-0.05, 0) is 57.5 Å². The molecular weight excluding hydrogens is 250 g/mol. The second-order valence-electron chi connectivity index (χ2n) is 6.49. The van der Waals surface area contributed by atoms with Crippen LogP contribution in [-0.4, -0.2) is 43.0 Å². The van der Waals surface area contributed by atoms with Gasteiger partial charge in [-0.3, -0.25) is 4.79 Å². The van der Waals surface area contributed by atoms with Crippen LogP contribution in [0.4, 0.5) is 0 Å². The van der Waals surface area contributed by atoms with Crippen LogP contribution >= 0.6 is 0 Å². The van der Waals surface area contributed by atoms with Crippen molar-refractivity contribution < 1.29 is 4.79 Å². The highest BCUT2D eigenvalue weighted by Gasteiger charge is 2.22. The van der Waals surface area contributed by atoms with E-state index in [1.807, 2.05) is 4.90 Å². The normalized spacial score (nSPS) is 22.8. The first kappa shape index (κ1) is 15.8. The van der Waals surface area contributed by atoms with E-state index < -0.39 is 0 Å². The fourth-order valence-corrected chi connectivity index (χ4v) is 3.43.